The Hall–Kier alpha value is -0.690. The number of rotatable bonds is 7. The molecule has 0 heterocycles. The van der Waals surface area contributed by atoms with Gasteiger partial charge in [-0.3, -0.25) is 0 Å². The van der Waals surface area contributed by atoms with Gasteiger partial charge < -0.3 is 0 Å². The van der Waals surface area contributed by atoms with Gasteiger partial charge in [-0.05, 0) is 77.0 Å². The summed E-state index contributed by atoms with van der Waals surface area (Å²) < 4.78 is 30.2. The minimum absolute atomic E-state index is 0.131. The summed E-state index contributed by atoms with van der Waals surface area (Å²) in [6, 6.07) is 10.6. The zero-order valence-electron chi connectivity index (χ0n) is 21.2. The zero-order valence-corrected chi connectivity index (χ0v) is 25.2. The lowest BCUT2D eigenvalue weighted by molar-refractivity contribution is 0.578. The molecule has 1 aliphatic carbocycles. The van der Waals surface area contributed by atoms with E-state index >= 15 is 0 Å². The van der Waals surface area contributed by atoms with Gasteiger partial charge in [-0.15, -0.1) is 0 Å². The molecule has 0 bridgehead atoms. The molecule has 2 aromatic carbocycles. The van der Waals surface area contributed by atoms with Crippen LogP contribution in [0.2, 0.25) is 0 Å². The minimum Gasteiger partial charge on any atom is -0.208 e. The van der Waals surface area contributed by atoms with Gasteiger partial charge in [-0.1, -0.05) is 99.4 Å². The maximum absolute atomic E-state index is 12.6. The van der Waals surface area contributed by atoms with E-state index < -0.39 is 10.0 Å². The molecule has 0 aliphatic heterocycles. The Morgan fingerprint density at radius 1 is 0.727 bits per heavy atom. The molecule has 3 rings (SSSR count). The summed E-state index contributed by atoms with van der Waals surface area (Å²) in [5, 5.41) is 0. The van der Waals surface area contributed by atoms with Crippen molar-refractivity contribution in [1.82, 2.24) is 4.72 Å². The first-order valence-electron chi connectivity index (χ1n) is 11.9. The van der Waals surface area contributed by atoms with Gasteiger partial charge in [0.1, 0.15) is 0 Å². The van der Waals surface area contributed by atoms with Crippen LogP contribution in [-0.4, -0.2) is 14.5 Å². The molecule has 184 valence electrons. The molecule has 0 spiro atoms. The van der Waals surface area contributed by atoms with Gasteiger partial charge in [0.2, 0.25) is 10.0 Å². The Bertz CT molecular complexity index is 1060. The first-order valence-corrected chi connectivity index (χ1v) is 15.0. The van der Waals surface area contributed by atoms with Crippen molar-refractivity contribution in [2.75, 3.05) is 0 Å². The maximum Gasteiger partial charge on any atom is 0.241 e. The molecule has 1 aliphatic rings. The quantitative estimate of drug-likeness (QED) is 0.345. The van der Waals surface area contributed by atoms with Crippen LogP contribution in [0.5, 0.6) is 0 Å². The van der Waals surface area contributed by atoms with Crippen molar-refractivity contribution in [2.45, 2.75) is 103 Å². The van der Waals surface area contributed by atoms with Crippen molar-refractivity contribution in [3.05, 3.63) is 61.5 Å². The number of hydrogen-bond donors (Lipinski definition) is 1. The third kappa shape index (κ3) is 7.91. The summed E-state index contributed by atoms with van der Waals surface area (Å²) in [4.78, 5) is 0.436. The van der Waals surface area contributed by atoms with Crippen LogP contribution in [0.1, 0.15) is 114 Å². The average Bonchev–Trinajstić information content (AvgIpc) is 3.50. The van der Waals surface area contributed by atoms with Crippen molar-refractivity contribution in [3.63, 3.8) is 0 Å². The molecular formula is C27H39Br2NO2S. The van der Waals surface area contributed by atoms with E-state index in [1.165, 1.54) is 15.6 Å². The van der Waals surface area contributed by atoms with Crippen molar-refractivity contribution in [3.8, 4) is 0 Å². The van der Waals surface area contributed by atoms with Crippen LogP contribution in [0.25, 0.3) is 0 Å². The van der Waals surface area contributed by atoms with E-state index in [1.807, 2.05) is 26.0 Å². The Balaban J connectivity index is 0.000000257. The molecule has 2 aromatic rings. The fourth-order valence-electron chi connectivity index (χ4n) is 3.57. The molecule has 1 saturated carbocycles. The standard InChI is InChI=1S/C15H22BrNO2S.C12H17Br/c1-9(2)12-8-15(13(10(3)4)7-14(12)16)20(18,19)17-11-5-6-11;1-8(2)10-5-6-11(9(3)4)12(13)7-10/h7-11,17H,5-6H2,1-4H3;5-9H,1-4H3. The van der Waals surface area contributed by atoms with E-state index in [-0.39, 0.29) is 17.9 Å². The van der Waals surface area contributed by atoms with Crippen LogP contribution in [0.15, 0.2) is 44.2 Å². The van der Waals surface area contributed by atoms with E-state index in [0.717, 1.165) is 28.4 Å². The summed E-state index contributed by atoms with van der Waals surface area (Å²) >= 11 is 7.18. The molecule has 3 nitrogen and oxygen atoms in total. The van der Waals surface area contributed by atoms with Crippen molar-refractivity contribution in [2.24, 2.45) is 0 Å². The first-order chi connectivity index (χ1) is 15.2. The summed E-state index contributed by atoms with van der Waals surface area (Å²) in [5.41, 5.74) is 4.70. The second kappa shape index (κ2) is 11.8. The number of sulfonamides is 1. The lowest BCUT2D eigenvalue weighted by atomic mass is 9.97. The van der Waals surface area contributed by atoms with Crippen molar-refractivity contribution >= 4 is 41.9 Å². The summed E-state index contributed by atoms with van der Waals surface area (Å²) in [7, 11) is -3.42. The molecule has 0 atom stereocenters. The fourth-order valence-corrected chi connectivity index (χ4v) is 6.93. The third-order valence-corrected chi connectivity index (χ3v) is 8.82. The minimum atomic E-state index is -3.42. The molecule has 1 N–H and O–H groups in total. The highest BCUT2D eigenvalue weighted by Gasteiger charge is 2.30. The Morgan fingerprint density at radius 3 is 1.67 bits per heavy atom. The number of hydrogen-bond acceptors (Lipinski definition) is 2. The second-order valence-corrected chi connectivity index (χ2v) is 13.6. The van der Waals surface area contributed by atoms with Crippen LogP contribution in [0, 0.1) is 0 Å². The van der Waals surface area contributed by atoms with Crippen LogP contribution in [0.4, 0.5) is 0 Å². The highest BCUT2D eigenvalue weighted by molar-refractivity contribution is 9.10. The largest absolute Gasteiger partial charge is 0.241 e. The SMILES string of the molecule is CC(C)c1cc(S(=O)(=O)NC2CC2)c(C(C)C)cc1Br.CC(C)c1ccc(C(C)C)c(Br)c1. The lowest BCUT2D eigenvalue weighted by Gasteiger charge is -2.18. The molecular weight excluding hydrogens is 562 g/mol. The second-order valence-electron chi connectivity index (χ2n) is 10.2. The van der Waals surface area contributed by atoms with Crippen LogP contribution in [-0.2, 0) is 10.0 Å². The highest BCUT2D eigenvalue weighted by atomic mass is 79.9. The maximum atomic E-state index is 12.6. The average molecular weight is 601 g/mol. The smallest absolute Gasteiger partial charge is 0.208 e. The highest BCUT2D eigenvalue weighted by Crippen LogP contribution is 2.34. The zero-order chi connectivity index (χ0) is 25.1. The Kier molecular flexibility index (Phi) is 10.2. The van der Waals surface area contributed by atoms with Gasteiger partial charge in [0.25, 0.3) is 0 Å². The molecule has 0 amide bonds. The molecule has 0 radical (unpaired) electrons. The molecule has 0 unspecified atom stereocenters. The van der Waals surface area contributed by atoms with Gasteiger partial charge in [-0.25, -0.2) is 13.1 Å². The number of halogens is 2. The van der Waals surface area contributed by atoms with Gasteiger partial charge in [0, 0.05) is 15.0 Å². The Labute approximate surface area is 218 Å². The number of nitrogens with one attached hydrogen (secondary N) is 1. The third-order valence-electron chi connectivity index (χ3n) is 5.87. The summed E-state index contributed by atoms with van der Waals surface area (Å²) in [6.45, 7) is 17.1. The fraction of sp³-hybridized carbons (Fsp3) is 0.556. The summed E-state index contributed by atoms with van der Waals surface area (Å²) in [5.74, 6) is 1.65. The molecule has 0 saturated heterocycles. The van der Waals surface area contributed by atoms with E-state index in [1.54, 1.807) is 0 Å². The molecule has 1 fully saturated rings. The summed E-state index contributed by atoms with van der Waals surface area (Å²) in [6.07, 6.45) is 1.90. The lowest BCUT2D eigenvalue weighted by Crippen LogP contribution is -2.27. The molecule has 33 heavy (non-hydrogen) atoms. The van der Waals surface area contributed by atoms with E-state index in [0.29, 0.717) is 16.7 Å². The number of benzene rings is 2. The van der Waals surface area contributed by atoms with Gasteiger partial charge >= 0.3 is 0 Å². The Morgan fingerprint density at radius 2 is 1.24 bits per heavy atom. The predicted octanol–water partition coefficient (Wildman–Crippen LogP) is 8.83. The van der Waals surface area contributed by atoms with Crippen LogP contribution in [0.3, 0.4) is 0 Å². The van der Waals surface area contributed by atoms with Crippen LogP contribution < -0.4 is 4.72 Å². The van der Waals surface area contributed by atoms with Crippen molar-refractivity contribution in [1.29, 1.82) is 0 Å². The van der Waals surface area contributed by atoms with Gasteiger partial charge in [0.05, 0.1) is 4.90 Å². The van der Waals surface area contributed by atoms with Gasteiger partial charge in [0.15, 0.2) is 0 Å². The molecule has 6 heteroatoms. The van der Waals surface area contributed by atoms with Crippen molar-refractivity contribution < 1.29 is 8.42 Å². The molecule has 0 aromatic heterocycles. The van der Waals surface area contributed by atoms with E-state index in [2.05, 4.69) is 96.3 Å². The van der Waals surface area contributed by atoms with Crippen LogP contribution >= 0.6 is 31.9 Å². The first kappa shape index (κ1) is 28.5. The monoisotopic (exact) mass is 599 g/mol. The van der Waals surface area contributed by atoms with Gasteiger partial charge in [-0.2, -0.15) is 0 Å². The topological polar surface area (TPSA) is 46.2 Å². The van der Waals surface area contributed by atoms with E-state index in [4.69, 9.17) is 0 Å². The predicted molar refractivity (Wildman–Crippen MR) is 148 cm³/mol. The van der Waals surface area contributed by atoms with E-state index in [9.17, 15) is 8.42 Å². The normalized spacial score (nSPS) is 14.2.